The summed E-state index contributed by atoms with van der Waals surface area (Å²) in [5.74, 6) is 0.901. The van der Waals surface area contributed by atoms with Gasteiger partial charge in [0.25, 0.3) is 0 Å². The largest absolute Gasteiger partial charge is 0.354 e. The first-order valence-corrected chi connectivity index (χ1v) is 6.13. The van der Waals surface area contributed by atoms with E-state index >= 15 is 0 Å². The van der Waals surface area contributed by atoms with Crippen molar-refractivity contribution in [3.05, 3.63) is 53.7 Å². The molecule has 88 valence electrons. The fourth-order valence-electron chi connectivity index (χ4n) is 2.58. The predicted octanol–water partition coefficient (Wildman–Crippen LogP) is 3.44. The molecule has 3 heteroatoms. The lowest BCUT2D eigenvalue weighted by Gasteiger charge is -2.08. The summed E-state index contributed by atoms with van der Waals surface area (Å²) in [6.45, 7) is 0. The molecule has 1 N–H and O–H groups in total. The van der Waals surface area contributed by atoms with Crippen molar-refractivity contribution >= 4 is 0 Å². The maximum Gasteiger partial charge on any atom is 0.186 e. The number of nitrogens with zero attached hydrogens (tertiary/aromatic N) is 1. The average molecular weight is 236 g/mol. The van der Waals surface area contributed by atoms with Crippen molar-refractivity contribution in [1.82, 2.24) is 10.1 Å². The number of H-pyrrole nitrogens is 1. The molecule has 0 saturated heterocycles. The summed E-state index contributed by atoms with van der Waals surface area (Å²) in [5, 5.41) is 3.89. The van der Waals surface area contributed by atoms with Gasteiger partial charge in [-0.25, -0.2) is 0 Å². The van der Waals surface area contributed by atoms with Gasteiger partial charge < -0.3 is 9.51 Å². The molecule has 0 radical (unpaired) electrons. The maximum absolute atomic E-state index is 5.35. The highest BCUT2D eigenvalue weighted by atomic mass is 16.5. The standard InChI is InChI=1S/C15H12N2O/c1-2-4-10(5-3-1)13-8-11-6-7-12-9-16-18-15(12)14(11)17-13/h1-5,8-9,17H,6-7H2. The Balaban J connectivity index is 1.88. The van der Waals surface area contributed by atoms with Gasteiger partial charge in [0.15, 0.2) is 5.76 Å². The van der Waals surface area contributed by atoms with Crippen LogP contribution in [0, 0.1) is 0 Å². The Labute approximate surface area is 104 Å². The number of fused-ring (bicyclic) bond motifs is 3. The molecular weight excluding hydrogens is 224 g/mol. The third-order valence-corrected chi connectivity index (χ3v) is 3.52. The van der Waals surface area contributed by atoms with Crippen molar-refractivity contribution in [1.29, 1.82) is 0 Å². The summed E-state index contributed by atoms with van der Waals surface area (Å²) in [7, 11) is 0. The van der Waals surface area contributed by atoms with E-state index < -0.39 is 0 Å². The molecule has 18 heavy (non-hydrogen) atoms. The molecule has 0 aliphatic heterocycles. The van der Waals surface area contributed by atoms with Crippen LogP contribution in [0.3, 0.4) is 0 Å². The third-order valence-electron chi connectivity index (χ3n) is 3.52. The fourth-order valence-corrected chi connectivity index (χ4v) is 2.58. The van der Waals surface area contributed by atoms with Crippen LogP contribution in [-0.2, 0) is 12.8 Å². The Kier molecular flexibility index (Phi) is 1.94. The minimum Gasteiger partial charge on any atom is -0.354 e. The van der Waals surface area contributed by atoms with Gasteiger partial charge in [-0.15, -0.1) is 0 Å². The monoisotopic (exact) mass is 236 g/mol. The smallest absolute Gasteiger partial charge is 0.186 e. The third kappa shape index (κ3) is 1.34. The lowest BCUT2D eigenvalue weighted by atomic mass is 9.97. The second-order valence-electron chi connectivity index (χ2n) is 4.63. The van der Waals surface area contributed by atoms with Crippen molar-refractivity contribution in [3.8, 4) is 22.7 Å². The van der Waals surface area contributed by atoms with Crippen LogP contribution >= 0.6 is 0 Å². The Morgan fingerprint density at radius 1 is 1.06 bits per heavy atom. The summed E-state index contributed by atoms with van der Waals surface area (Å²) in [5.41, 5.74) is 5.95. The topological polar surface area (TPSA) is 41.8 Å². The highest BCUT2D eigenvalue weighted by Gasteiger charge is 2.22. The average Bonchev–Trinajstić information content (AvgIpc) is 3.05. The van der Waals surface area contributed by atoms with E-state index in [-0.39, 0.29) is 0 Å². The van der Waals surface area contributed by atoms with Crippen molar-refractivity contribution in [2.75, 3.05) is 0 Å². The number of hydrogen-bond acceptors (Lipinski definition) is 2. The summed E-state index contributed by atoms with van der Waals surface area (Å²) in [4.78, 5) is 3.46. The van der Waals surface area contributed by atoms with Gasteiger partial charge in [0.05, 0.1) is 11.9 Å². The first kappa shape index (κ1) is 9.71. The highest BCUT2D eigenvalue weighted by Crippen LogP contribution is 2.35. The number of aromatic nitrogens is 2. The van der Waals surface area contributed by atoms with Crippen LogP contribution in [0.25, 0.3) is 22.7 Å². The summed E-state index contributed by atoms with van der Waals surface area (Å²) >= 11 is 0. The minimum atomic E-state index is 0.901. The lowest BCUT2D eigenvalue weighted by Crippen LogP contribution is -1.99. The number of benzene rings is 1. The second kappa shape index (κ2) is 3.60. The van der Waals surface area contributed by atoms with E-state index in [9.17, 15) is 0 Å². The van der Waals surface area contributed by atoms with Gasteiger partial charge in [-0.1, -0.05) is 35.5 Å². The van der Waals surface area contributed by atoms with Gasteiger partial charge >= 0.3 is 0 Å². The van der Waals surface area contributed by atoms with E-state index in [2.05, 4.69) is 40.5 Å². The SMILES string of the molecule is c1ccc(-c2cc3c([nH]2)-c2oncc2CC3)cc1. The molecular formula is C15H12N2O. The first-order valence-electron chi connectivity index (χ1n) is 6.13. The Hall–Kier alpha value is -2.29. The Morgan fingerprint density at radius 2 is 1.89 bits per heavy atom. The molecule has 3 nitrogen and oxygen atoms in total. The molecule has 0 fully saturated rings. The number of aryl methyl sites for hydroxylation is 2. The number of hydrogen-bond donors (Lipinski definition) is 1. The predicted molar refractivity (Wildman–Crippen MR) is 69.1 cm³/mol. The van der Waals surface area contributed by atoms with E-state index in [0.29, 0.717) is 0 Å². The Morgan fingerprint density at radius 3 is 2.78 bits per heavy atom. The van der Waals surface area contributed by atoms with Gasteiger partial charge in [0.1, 0.15) is 0 Å². The molecule has 1 aromatic carbocycles. The molecule has 0 spiro atoms. The molecule has 0 unspecified atom stereocenters. The second-order valence-corrected chi connectivity index (χ2v) is 4.63. The number of rotatable bonds is 1. The van der Waals surface area contributed by atoms with Gasteiger partial charge in [-0.05, 0) is 30.0 Å². The van der Waals surface area contributed by atoms with Crippen molar-refractivity contribution < 1.29 is 4.52 Å². The van der Waals surface area contributed by atoms with Crippen LogP contribution in [0.2, 0.25) is 0 Å². The number of aromatic amines is 1. The first-order chi connectivity index (χ1) is 8.92. The van der Waals surface area contributed by atoms with E-state index in [1.165, 1.54) is 16.7 Å². The number of nitrogens with one attached hydrogen (secondary N) is 1. The van der Waals surface area contributed by atoms with Gasteiger partial charge in [-0.2, -0.15) is 0 Å². The van der Waals surface area contributed by atoms with E-state index in [0.717, 1.165) is 30.0 Å². The molecule has 1 aliphatic rings. The van der Waals surface area contributed by atoms with E-state index in [1.807, 2.05) is 12.3 Å². The molecule has 0 saturated carbocycles. The zero-order chi connectivity index (χ0) is 11.9. The van der Waals surface area contributed by atoms with Crippen molar-refractivity contribution in [2.24, 2.45) is 0 Å². The van der Waals surface area contributed by atoms with Crippen molar-refractivity contribution in [2.45, 2.75) is 12.8 Å². The van der Waals surface area contributed by atoms with Crippen LogP contribution in [0.5, 0.6) is 0 Å². The zero-order valence-electron chi connectivity index (χ0n) is 9.81. The van der Waals surface area contributed by atoms with E-state index in [1.54, 1.807) is 0 Å². The fraction of sp³-hybridized carbons (Fsp3) is 0.133. The van der Waals surface area contributed by atoms with Gasteiger partial charge in [-0.3, -0.25) is 0 Å². The van der Waals surface area contributed by atoms with Crippen LogP contribution in [0.15, 0.2) is 47.1 Å². The summed E-state index contributed by atoms with van der Waals surface area (Å²) in [6, 6.07) is 12.6. The van der Waals surface area contributed by atoms with Gasteiger partial charge in [0.2, 0.25) is 0 Å². The van der Waals surface area contributed by atoms with Crippen LogP contribution in [0.1, 0.15) is 11.1 Å². The molecule has 2 aromatic heterocycles. The molecule has 1 aliphatic carbocycles. The highest BCUT2D eigenvalue weighted by molar-refractivity contribution is 5.72. The zero-order valence-corrected chi connectivity index (χ0v) is 9.81. The summed E-state index contributed by atoms with van der Waals surface area (Å²) in [6.07, 6.45) is 3.88. The summed E-state index contributed by atoms with van der Waals surface area (Å²) < 4.78 is 5.35. The molecule has 0 atom stereocenters. The molecule has 0 amide bonds. The Bertz CT molecular complexity index is 694. The molecule has 4 rings (SSSR count). The van der Waals surface area contributed by atoms with Crippen LogP contribution in [-0.4, -0.2) is 10.1 Å². The lowest BCUT2D eigenvalue weighted by molar-refractivity contribution is 0.429. The van der Waals surface area contributed by atoms with Crippen LogP contribution < -0.4 is 0 Å². The maximum atomic E-state index is 5.35. The normalized spacial score (nSPS) is 13.1. The molecule has 3 aromatic rings. The minimum absolute atomic E-state index is 0.901. The van der Waals surface area contributed by atoms with E-state index in [4.69, 9.17) is 4.52 Å². The molecule has 2 heterocycles. The van der Waals surface area contributed by atoms with Crippen molar-refractivity contribution in [3.63, 3.8) is 0 Å². The molecule has 0 bridgehead atoms. The van der Waals surface area contributed by atoms with Crippen LogP contribution in [0.4, 0.5) is 0 Å². The van der Waals surface area contributed by atoms with Gasteiger partial charge in [0, 0.05) is 11.3 Å². The quantitative estimate of drug-likeness (QED) is 0.703.